The molecule has 0 spiro atoms. The van der Waals surface area contributed by atoms with Crippen LogP contribution in [-0.4, -0.2) is 63.1 Å². The molecule has 0 bridgehead atoms. The third-order valence-corrected chi connectivity index (χ3v) is 4.30. The molecule has 0 heterocycles. The fraction of sp³-hybridized carbons (Fsp3) is 0.450. The van der Waals surface area contributed by atoms with Crippen molar-refractivity contribution in [2.24, 2.45) is 5.92 Å². The first-order chi connectivity index (χ1) is 14.6. The van der Waals surface area contributed by atoms with Crippen molar-refractivity contribution in [3.05, 3.63) is 35.6 Å². The highest BCUT2D eigenvalue weighted by molar-refractivity contribution is 5.94. The molecule has 31 heavy (non-hydrogen) atoms. The zero-order chi connectivity index (χ0) is 23.6. The molecule has 0 saturated carbocycles. The number of hydrogen-bond donors (Lipinski definition) is 2. The number of amides is 2. The lowest BCUT2D eigenvalue weighted by molar-refractivity contribution is -0.159. The third kappa shape index (κ3) is 8.03. The number of methoxy groups -OCH3 is 3. The minimum atomic E-state index is -1.60. The SMILES string of the molecule is COC(=O)C[C@H](C(=O)OC)[C@H](NC(=O)[C@@H](Cc1cccc(F)c1)NC(C)=O)C(=O)OC. The van der Waals surface area contributed by atoms with Gasteiger partial charge in [-0.1, -0.05) is 12.1 Å². The number of carbonyl (C=O) groups excluding carboxylic acids is 5. The van der Waals surface area contributed by atoms with Gasteiger partial charge in [-0.25, -0.2) is 9.18 Å². The van der Waals surface area contributed by atoms with Crippen LogP contribution in [0.3, 0.4) is 0 Å². The van der Waals surface area contributed by atoms with E-state index in [9.17, 15) is 28.4 Å². The van der Waals surface area contributed by atoms with Crippen LogP contribution in [0.25, 0.3) is 0 Å². The van der Waals surface area contributed by atoms with E-state index in [0.717, 1.165) is 21.3 Å². The number of hydrogen-bond acceptors (Lipinski definition) is 8. The molecule has 1 rings (SSSR count). The van der Waals surface area contributed by atoms with Crippen molar-refractivity contribution in [1.29, 1.82) is 0 Å². The van der Waals surface area contributed by atoms with Crippen molar-refractivity contribution in [2.45, 2.75) is 31.8 Å². The summed E-state index contributed by atoms with van der Waals surface area (Å²) >= 11 is 0. The molecule has 170 valence electrons. The van der Waals surface area contributed by atoms with E-state index in [1.165, 1.54) is 25.1 Å². The molecule has 3 atom stereocenters. The van der Waals surface area contributed by atoms with Crippen molar-refractivity contribution < 1.29 is 42.6 Å². The van der Waals surface area contributed by atoms with Crippen molar-refractivity contribution in [3.63, 3.8) is 0 Å². The van der Waals surface area contributed by atoms with Crippen LogP contribution in [0, 0.1) is 11.7 Å². The Morgan fingerprint density at radius 2 is 1.61 bits per heavy atom. The summed E-state index contributed by atoms with van der Waals surface area (Å²) in [6, 6.07) is 2.59. The molecule has 1 aromatic rings. The Labute approximate surface area is 178 Å². The van der Waals surface area contributed by atoms with E-state index in [0.29, 0.717) is 5.56 Å². The second kappa shape index (κ2) is 12.3. The summed E-state index contributed by atoms with van der Waals surface area (Å²) in [7, 11) is 3.17. The van der Waals surface area contributed by atoms with E-state index in [4.69, 9.17) is 0 Å². The van der Waals surface area contributed by atoms with Crippen LogP contribution in [0.1, 0.15) is 18.9 Å². The Kier molecular flexibility index (Phi) is 10.1. The van der Waals surface area contributed by atoms with Gasteiger partial charge in [0.05, 0.1) is 33.7 Å². The molecule has 10 nitrogen and oxygen atoms in total. The number of ether oxygens (including phenoxy) is 3. The maximum absolute atomic E-state index is 13.5. The molecule has 0 radical (unpaired) electrons. The quantitative estimate of drug-likeness (QED) is 0.380. The monoisotopic (exact) mass is 440 g/mol. The number of esters is 3. The lowest BCUT2D eigenvalue weighted by Gasteiger charge is -2.26. The van der Waals surface area contributed by atoms with Gasteiger partial charge in [-0.15, -0.1) is 0 Å². The molecule has 2 amide bonds. The fourth-order valence-electron chi connectivity index (χ4n) is 2.81. The van der Waals surface area contributed by atoms with E-state index in [1.807, 2.05) is 0 Å². The van der Waals surface area contributed by atoms with Gasteiger partial charge >= 0.3 is 17.9 Å². The Morgan fingerprint density at radius 3 is 2.13 bits per heavy atom. The summed E-state index contributed by atoms with van der Waals surface area (Å²) in [5.74, 6) is -6.17. The molecular formula is C20H25FN2O8. The largest absolute Gasteiger partial charge is 0.469 e. The smallest absolute Gasteiger partial charge is 0.329 e. The molecule has 0 aliphatic carbocycles. The lowest BCUT2D eigenvalue weighted by Crippen LogP contribution is -2.56. The second-order valence-corrected chi connectivity index (χ2v) is 6.51. The molecule has 0 fully saturated rings. The Balaban J connectivity index is 3.18. The van der Waals surface area contributed by atoms with Crippen LogP contribution in [0.15, 0.2) is 24.3 Å². The van der Waals surface area contributed by atoms with Gasteiger partial charge in [0.25, 0.3) is 0 Å². The standard InChI is InChI=1S/C20H25FN2O8/c1-11(24)22-15(9-12-6-5-7-13(21)8-12)18(26)23-17(20(28)31-4)14(19(27)30-3)10-16(25)29-2/h5-8,14-15,17H,9-10H2,1-4H3,(H,22,24)(H,23,26)/t14-,15+,17-/m0/s1. The average molecular weight is 440 g/mol. The number of nitrogens with one attached hydrogen (secondary N) is 2. The van der Waals surface area contributed by atoms with Gasteiger partial charge in [0.2, 0.25) is 11.8 Å². The highest BCUT2D eigenvalue weighted by atomic mass is 19.1. The van der Waals surface area contributed by atoms with Gasteiger partial charge in [-0.3, -0.25) is 19.2 Å². The number of carbonyl (C=O) groups is 5. The highest BCUT2D eigenvalue weighted by Crippen LogP contribution is 2.15. The summed E-state index contributed by atoms with van der Waals surface area (Å²) in [6.07, 6.45) is -0.672. The zero-order valence-corrected chi connectivity index (χ0v) is 17.6. The Bertz CT molecular complexity index is 829. The second-order valence-electron chi connectivity index (χ2n) is 6.51. The summed E-state index contributed by atoms with van der Waals surface area (Å²) in [4.78, 5) is 60.6. The Morgan fingerprint density at radius 1 is 0.968 bits per heavy atom. The van der Waals surface area contributed by atoms with E-state index in [-0.39, 0.29) is 6.42 Å². The van der Waals surface area contributed by atoms with Gasteiger partial charge in [0.15, 0.2) is 0 Å². The van der Waals surface area contributed by atoms with Gasteiger partial charge in [0, 0.05) is 13.3 Å². The molecule has 0 aromatic heterocycles. The minimum Gasteiger partial charge on any atom is -0.469 e. The molecular weight excluding hydrogens is 415 g/mol. The normalized spacial score (nSPS) is 13.2. The van der Waals surface area contributed by atoms with E-state index >= 15 is 0 Å². The van der Waals surface area contributed by atoms with Crippen molar-refractivity contribution in [3.8, 4) is 0 Å². The fourth-order valence-corrected chi connectivity index (χ4v) is 2.81. The lowest BCUT2D eigenvalue weighted by atomic mass is 9.95. The summed E-state index contributed by atoms with van der Waals surface area (Å²) in [6.45, 7) is 1.18. The summed E-state index contributed by atoms with van der Waals surface area (Å²) in [5.41, 5.74) is 0.405. The van der Waals surface area contributed by atoms with E-state index in [1.54, 1.807) is 6.07 Å². The molecule has 0 aliphatic rings. The van der Waals surface area contributed by atoms with Gasteiger partial charge < -0.3 is 24.8 Å². The molecule has 0 saturated heterocycles. The Hall–Kier alpha value is -3.50. The van der Waals surface area contributed by atoms with Crippen molar-refractivity contribution >= 4 is 29.7 Å². The van der Waals surface area contributed by atoms with Crippen molar-refractivity contribution in [2.75, 3.05) is 21.3 Å². The number of rotatable bonds is 10. The first kappa shape index (κ1) is 25.5. The topological polar surface area (TPSA) is 137 Å². The van der Waals surface area contributed by atoms with Crippen LogP contribution in [-0.2, 0) is 44.6 Å². The predicted molar refractivity (Wildman–Crippen MR) is 104 cm³/mol. The molecule has 1 aromatic carbocycles. The average Bonchev–Trinajstić information content (AvgIpc) is 2.73. The molecule has 0 unspecified atom stereocenters. The third-order valence-electron chi connectivity index (χ3n) is 4.30. The maximum Gasteiger partial charge on any atom is 0.329 e. The first-order valence-electron chi connectivity index (χ1n) is 9.17. The van der Waals surface area contributed by atoms with Crippen LogP contribution >= 0.6 is 0 Å². The van der Waals surface area contributed by atoms with Crippen LogP contribution in [0.5, 0.6) is 0 Å². The molecule has 0 aliphatic heterocycles. The zero-order valence-electron chi connectivity index (χ0n) is 17.6. The van der Waals surface area contributed by atoms with Crippen LogP contribution in [0.4, 0.5) is 4.39 Å². The number of benzene rings is 1. The van der Waals surface area contributed by atoms with Gasteiger partial charge in [0.1, 0.15) is 17.9 Å². The first-order valence-corrected chi connectivity index (χ1v) is 9.17. The predicted octanol–water partition coefficient (Wildman–Crippen LogP) is -0.117. The van der Waals surface area contributed by atoms with E-state index < -0.39 is 60.0 Å². The van der Waals surface area contributed by atoms with Gasteiger partial charge in [-0.05, 0) is 17.7 Å². The minimum absolute atomic E-state index is 0.100. The van der Waals surface area contributed by atoms with Crippen molar-refractivity contribution in [1.82, 2.24) is 10.6 Å². The number of halogens is 1. The highest BCUT2D eigenvalue weighted by Gasteiger charge is 2.39. The summed E-state index contributed by atoms with van der Waals surface area (Å²) in [5, 5.41) is 4.73. The molecule has 2 N–H and O–H groups in total. The van der Waals surface area contributed by atoms with E-state index in [2.05, 4.69) is 24.8 Å². The summed E-state index contributed by atoms with van der Waals surface area (Å²) < 4.78 is 27.3. The van der Waals surface area contributed by atoms with Crippen LogP contribution in [0.2, 0.25) is 0 Å². The molecule has 11 heteroatoms. The van der Waals surface area contributed by atoms with Gasteiger partial charge in [-0.2, -0.15) is 0 Å². The van der Waals surface area contributed by atoms with Crippen LogP contribution < -0.4 is 10.6 Å². The maximum atomic E-state index is 13.5.